The summed E-state index contributed by atoms with van der Waals surface area (Å²) in [5.41, 5.74) is 0. The van der Waals surface area contributed by atoms with Crippen LogP contribution in [0.1, 0.15) is 110 Å². The normalized spacial score (nSPS) is 21.3. The van der Waals surface area contributed by atoms with Crippen molar-refractivity contribution in [1.29, 1.82) is 0 Å². The first-order valence-corrected chi connectivity index (χ1v) is 9.54. The molecule has 0 aromatic heterocycles. The summed E-state index contributed by atoms with van der Waals surface area (Å²) < 4.78 is 5.66. The number of hydrogen-bond acceptors (Lipinski definition) is 1. The molecular formula is C19H38O. The topological polar surface area (TPSA) is 12.5 Å². The fourth-order valence-electron chi connectivity index (χ4n) is 3.16. The number of hydrogen-bond donors (Lipinski definition) is 0. The van der Waals surface area contributed by atoms with Crippen LogP contribution in [0, 0.1) is 0 Å². The zero-order valence-electron chi connectivity index (χ0n) is 14.2. The molecule has 0 bridgehead atoms. The summed E-state index contributed by atoms with van der Waals surface area (Å²) in [7, 11) is 0. The molecule has 0 aliphatic carbocycles. The molecule has 1 heterocycles. The molecule has 1 aliphatic heterocycles. The van der Waals surface area contributed by atoms with E-state index < -0.39 is 0 Å². The van der Waals surface area contributed by atoms with Crippen LogP contribution in [0.25, 0.3) is 0 Å². The van der Waals surface area contributed by atoms with Crippen LogP contribution >= 0.6 is 0 Å². The minimum atomic E-state index is 0.632. The molecule has 1 heteroatoms. The van der Waals surface area contributed by atoms with Crippen LogP contribution in [0.5, 0.6) is 0 Å². The molecule has 0 amide bonds. The van der Waals surface area contributed by atoms with Crippen molar-refractivity contribution in [2.45, 2.75) is 122 Å². The molecular weight excluding hydrogens is 244 g/mol. The number of epoxide rings is 1. The molecule has 2 unspecified atom stereocenters. The van der Waals surface area contributed by atoms with Crippen LogP contribution in [-0.2, 0) is 4.74 Å². The zero-order valence-corrected chi connectivity index (χ0v) is 14.2. The Morgan fingerprint density at radius 1 is 0.500 bits per heavy atom. The standard InChI is InChI=1S/C19H38O/c1-3-5-6-7-8-9-10-11-12-13-14-15-17-19-18(20-19)16-4-2/h18-19H,3-17H2,1-2H3. The number of unbranched alkanes of at least 4 members (excludes halogenated alkanes) is 11. The van der Waals surface area contributed by atoms with Gasteiger partial charge in [0, 0.05) is 0 Å². The van der Waals surface area contributed by atoms with E-state index in [9.17, 15) is 0 Å². The van der Waals surface area contributed by atoms with Crippen LogP contribution < -0.4 is 0 Å². The van der Waals surface area contributed by atoms with Crippen LogP contribution in [0.4, 0.5) is 0 Å². The molecule has 120 valence electrons. The molecule has 0 aromatic carbocycles. The van der Waals surface area contributed by atoms with E-state index in [2.05, 4.69) is 13.8 Å². The van der Waals surface area contributed by atoms with Crippen molar-refractivity contribution in [3.8, 4) is 0 Å². The maximum atomic E-state index is 5.66. The highest BCUT2D eigenvalue weighted by Gasteiger charge is 2.36. The highest BCUT2D eigenvalue weighted by Crippen LogP contribution is 2.30. The van der Waals surface area contributed by atoms with Gasteiger partial charge in [-0.3, -0.25) is 0 Å². The van der Waals surface area contributed by atoms with E-state index in [-0.39, 0.29) is 0 Å². The van der Waals surface area contributed by atoms with E-state index in [1.807, 2.05) is 0 Å². The fourth-order valence-corrected chi connectivity index (χ4v) is 3.16. The largest absolute Gasteiger partial charge is 0.370 e. The quantitative estimate of drug-likeness (QED) is 0.242. The van der Waals surface area contributed by atoms with E-state index >= 15 is 0 Å². The summed E-state index contributed by atoms with van der Waals surface area (Å²) in [6.07, 6.45) is 22.5. The first-order valence-electron chi connectivity index (χ1n) is 9.54. The summed E-state index contributed by atoms with van der Waals surface area (Å²) in [6.45, 7) is 4.54. The average Bonchev–Trinajstić information content (AvgIpc) is 3.19. The first-order chi connectivity index (χ1) is 9.88. The van der Waals surface area contributed by atoms with Gasteiger partial charge in [-0.15, -0.1) is 0 Å². The van der Waals surface area contributed by atoms with Gasteiger partial charge in [0.1, 0.15) is 0 Å². The Hall–Kier alpha value is -0.0400. The van der Waals surface area contributed by atoms with Gasteiger partial charge < -0.3 is 4.74 Å². The van der Waals surface area contributed by atoms with Crippen molar-refractivity contribution in [1.82, 2.24) is 0 Å². The van der Waals surface area contributed by atoms with Crippen LogP contribution in [0.15, 0.2) is 0 Å². The molecule has 0 saturated carbocycles. The third kappa shape index (κ3) is 9.80. The molecule has 1 rings (SSSR count). The van der Waals surface area contributed by atoms with Crippen molar-refractivity contribution in [2.75, 3.05) is 0 Å². The molecule has 1 saturated heterocycles. The lowest BCUT2D eigenvalue weighted by Gasteiger charge is -2.02. The second-order valence-electron chi connectivity index (χ2n) is 6.68. The summed E-state index contributed by atoms with van der Waals surface area (Å²) in [5, 5.41) is 0. The smallest absolute Gasteiger partial charge is 0.0841 e. The van der Waals surface area contributed by atoms with E-state index in [0.717, 1.165) is 0 Å². The summed E-state index contributed by atoms with van der Waals surface area (Å²) in [5.74, 6) is 0. The van der Waals surface area contributed by atoms with Crippen LogP contribution in [0.3, 0.4) is 0 Å². The summed E-state index contributed by atoms with van der Waals surface area (Å²) in [4.78, 5) is 0. The van der Waals surface area contributed by atoms with Crippen molar-refractivity contribution in [2.24, 2.45) is 0 Å². The second-order valence-corrected chi connectivity index (χ2v) is 6.68. The zero-order chi connectivity index (χ0) is 14.5. The third-order valence-corrected chi connectivity index (χ3v) is 4.60. The molecule has 0 radical (unpaired) electrons. The molecule has 1 fully saturated rings. The Balaban J connectivity index is 1.67. The van der Waals surface area contributed by atoms with Crippen molar-refractivity contribution in [3.05, 3.63) is 0 Å². The molecule has 0 aromatic rings. The minimum Gasteiger partial charge on any atom is -0.370 e. The number of ether oxygens (including phenoxy) is 1. The third-order valence-electron chi connectivity index (χ3n) is 4.60. The molecule has 1 nitrogen and oxygen atoms in total. The van der Waals surface area contributed by atoms with Gasteiger partial charge in [0.15, 0.2) is 0 Å². The maximum Gasteiger partial charge on any atom is 0.0841 e. The lowest BCUT2D eigenvalue weighted by Crippen LogP contribution is -1.93. The molecule has 0 spiro atoms. The van der Waals surface area contributed by atoms with E-state index in [0.29, 0.717) is 12.2 Å². The van der Waals surface area contributed by atoms with Gasteiger partial charge in [-0.05, 0) is 12.8 Å². The SMILES string of the molecule is CCCCCCCCCCCCCCC1OC1CCC. The average molecular weight is 283 g/mol. The van der Waals surface area contributed by atoms with Crippen LogP contribution in [0.2, 0.25) is 0 Å². The van der Waals surface area contributed by atoms with Gasteiger partial charge in [0.25, 0.3) is 0 Å². The minimum absolute atomic E-state index is 0.632. The molecule has 1 aliphatic rings. The lowest BCUT2D eigenvalue weighted by molar-refractivity contribution is 0.350. The molecule has 2 atom stereocenters. The Labute approximate surface area is 127 Å². The van der Waals surface area contributed by atoms with Gasteiger partial charge in [-0.25, -0.2) is 0 Å². The fraction of sp³-hybridized carbons (Fsp3) is 1.00. The second kappa shape index (κ2) is 12.7. The Morgan fingerprint density at radius 3 is 1.45 bits per heavy atom. The Morgan fingerprint density at radius 2 is 0.950 bits per heavy atom. The molecule has 20 heavy (non-hydrogen) atoms. The number of rotatable bonds is 15. The maximum absolute atomic E-state index is 5.66. The van der Waals surface area contributed by atoms with Gasteiger partial charge in [0.05, 0.1) is 12.2 Å². The Kier molecular flexibility index (Phi) is 11.4. The van der Waals surface area contributed by atoms with Crippen molar-refractivity contribution >= 4 is 0 Å². The highest BCUT2D eigenvalue weighted by molar-refractivity contribution is 4.83. The van der Waals surface area contributed by atoms with E-state index in [1.54, 1.807) is 0 Å². The predicted octanol–water partition coefficient (Wildman–Crippen LogP) is 6.65. The first kappa shape index (κ1) is 18.0. The highest BCUT2D eigenvalue weighted by atomic mass is 16.6. The van der Waals surface area contributed by atoms with Crippen molar-refractivity contribution < 1.29 is 4.74 Å². The Bertz CT molecular complexity index is 202. The monoisotopic (exact) mass is 282 g/mol. The van der Waals surface area contributed by atoms with E-state index in [1.165, 1.54) is 96.3 Å². The summed E-state index contributed by atoms with van der Waals surface area (Å²) in [6, 6.07) is 0. The van der Waals surface area contributed by atoms with Gasteiger partial charge in [-0.2, -0.15) is 0 Å². The molecule has 0 N–H and O–H groups in total. The lowest BCUT2D eigenvalue weighted by atomic mass is 10.0. The summed E-state index contributed by atoms with van der Waals surface area (Å²) >= 11 is 0. The van der Waals surface area contributed by atoms with Crippen LogP contribution in [-0.4, -0.2) is 12.2 Å². The predicted molar refractivity (Wildman–Crippen MR) is 89.3 cm³/mol. The van der Waals surface area contributed by atoms with Gasteiger partial charge in [-0.1, -0.05) is 97.3 Å². The van der Waals surface area contributed by atoms with Crippen molar-refractivity contribution in [3.63, 3.8) is 0 Å². The van der Waals surface area contributed by atoms with Gasteiger partial charge >= 0.3 is 0 Å². The van der Waals surface area contributed by atoms with E-state index in [4.69, 9.17) is 4.74 Å². The van der Waals surface area contributed by atoms with Gasteiger partial charge in [0.2, 0.25) is 0 Å².